The number of esters is 1. The van der Waals surface area contributed by atoms with Crippen LogP contribution in [0.1, 0.15) is 44.4 Å². The fourth-order valence-electron chi connectivity index (χ4n) is 3.07. The number of amides is 1. The Morgan fingerprint density at radius 1 is 1.07 bits per heavy atom. The number of hydrogen-bond donors (Lipinski definition) is 1. The molecule has 30 heavy (non-hydrogen) atoms. The third kappa shape index (κ3) is 7.06. The molecule has 0 saturated carbocycles. The fourth-order valence-corrected chi connectivity index (χ4v) is 3.07. The highest BCUT2D eigenvalue weighted by Gasteiger charge is 2.24. The number of aromatic nitrogens is 1. The topological polar surface area (TPSA) is 86.6 Å². The van der Waals surface area contributed by atoms with E-state index in [0.29, 0.717) is 18.4 Å². The van der Waals surface area contributed by atoms with E-state index in [9.17, 15) is 14.4 Å². The third-order valence-electron chi connectivity index (χ3n) is 4.52. The zero-order valence-corrected chi connectivity index (χ0v) is 17.8. The smallest absolute Gasteiger partial charge is 0.407 e. The number of carbonyl (C=O) groups excluding carboxylic acids is 2. The van der Waals surface area contributed by atoms with Crippen LogP contribution in [0.2, 0.25) is 0 Å². The SMILES string of the molecule is CCOC(=O)C(CC(C)C)n1cccc(CCNC(=O)OCc2ccccc2)c1=O. The Bertz CT molecular complexity index is 877. The van der Waals surface area contributed by atoms with E-state index < -0.39 is 18.1 Å². The predicted octanol–water partition coefficient (Wildman–Crippen LogP) is 3.47. The van der Waals surface area contributed by atoms with Crippen molar-refractivity contribution in [1.29, 1.82) is 0 Å². The number of rotatable bonds is 10. The average Bonchev–Trinajstić information content (AvgIpc) is 2.73. The van der Waals surface area contributed by atoms with E-state index in [-0.39, 0.29) is 31.2 Å². The van der Waals surface area contributed by atoms with Gasteiger partial charge in [0.1, 0.15) is 12.6 Å². The van der Waals surface area contributed by atoms with Crippen LogP contribution in [0.25, 0.3) is 0 Å². The summed E-state index contributed by atoms with van der Waals surface area (Å²) in [5.74, 6) is -0.191. The molecule has 1 amide bonds. The maximum absolute atomic E-state index is 12.9. The van der Waals surface area contributed by atoms with Gasteiger partial charge in [0, 0.05) is 18.3 Å². The van der Waals surface area contributed by atoms with Gasteiger partial charge in [0.25, 0.3) is 5.56 Å². The maximum Gasteiger partial charge on any atom is 0.407 e. The van der Waals surface area contributed by atoms with E-state index in [1.807, 2.05) is 44.2 Å². The number of carbonyl (C=O) groups is 2. The highest BCUT2D eigenvalue weighted by Crippen LogP contribution is 2.18. The lowest BCUT2D eigenvalue weighted by Crippen LogP contribution is -2.34. The van der Waals surface area contributed by atoms with E-state index in [2.05, 4.69) is 5.32 Å². The van der Waals surface area contributed by atoms with Crippen LogP contribution in [0.15, 0.2) is 53.5 Å². The standard InChI is InChI=1S/C23H30N2O5/c1-4-29-22(27)20(15-17(2)3)25-14-8-11-19(21(25)26)12-13-24-23(28)30-16-18-9-6-5-7-10-18/h5-11,14,17,20H,4,12-13,15-16H2,1-3H3,(H,24,28). The van der Waals surface area contributed by atoms with Gasteiger partial charge in [0.15, 0.2) is 0 Å². The zero-order chi connectivity index (χ0) is 21.9. The first-order valence-corrected chi connectivity index (χ1v) is 10.2. The Morgan fingerprint density at radius 2 is 1.80 bits per heavy atom. The van der Waals surface area contributed by atoms with Gasteiger partial charge in [-0.05, 0) is 37.3 Å². The summed E-state index contributed by atoms with van der Waals surface area (Å²) in [5.41, 5.74) is 1.16. The Labute approximate surface area is 177 Å². The average molecular weight is 415 g/mol. The number of hydrogen-bond acceptors (Lipinski definition) is 5. The van der Waals surface area contributed by atoms with Gasteiger partial charge in [-0.25, -0.2) is 9.59 Å². The maximum atomic E-state index is 12.9. The molecule has 2 aromatic rings. The summed E-state index contributed by atoms with van der Waals surface area (Å²) < 4.78 is 11.8. The normalized spacial score (nSPS) is 11.7. The Kier molecular flexibility index (Phi) is 9.12. The first kappa shape index (κ1) is 23.2. The van der Waals surface area contributed by atoms with E-state index in [1.54, 1.807) is 25.3 Å². The largest absolute Gasteiger partial charge is 0.464 e. The van der Waals surface area contributed by atoms with Gasteiger partial charge in [-0.1, -0.05) is 50.2 Å². The summed E-state index contributed by atoms with van der Waals surface area (Å²) in [7, 11) is 0. The van der Waals surface area contributed by atoms with Gasteiger partial charge in [-0.15, -0.1) is 0 Å². The third-order valence-corrected chi connectivity index (χ3v) is 4.52. The van der Waals surface area contributed by atoms with E-state index in [4.69, 9.17) is 9.47 Å². The minimum Gasteiger partial charge on any atom is -0.464 e. The van der Waals surface area contributed by atoms with Gasteiger partial charge in [0.05, 0.1) is 6.61 Å². The van der Waals surface area contributed by atoms with Crippen molar-refractivity contribution in [2.75, 3.05) is 13.2 Å². The molecule has 1 heterocycles. The first-order chi connectivity index (χ1) is 14.4. The first-order valence-electron chi connectivity index (χ1n) is 10.2. The second kappa shape index (κ2) is 11.8. The van der Waals surface area contributed by atoms with Gasteiger partial charge in [-0.3, -0.25) is 4.79 Å². The molecule has 1 aromatic carbocycles. The van der Waals surface area contributed by atoms with Crippen LogP contribution < -0.4 is 10.9 Å². The summed E-state index contributed by atoms with van der Waals surface area (Å²) in [5, 5.41) is 2.65. The van der Waals surface area contributed by atoms with Crippen molar-refractivity contribution < 1.29 is 19.1 Å². The molecule has 0 aliphatic rings. The lowest BCUT2D eigenvalue weighted by atomic mass is 10.0. The van der Waals surface area contributed by atoms with Crippen molar-refractivity contribution in [3.05, 3.63) is 70.1 Å². The van der Waals surface area contributed by atoms with Crippen LogP contribution in [0.4, 0.5) is 4.79 Å². The molecule has 0 bridgehead atoms. The molecule has 7 heteroatoms. The second-order valence-corrected chi connectivity index (χ2v) is 7.38. The van der Waals surface area contributed by atoms with Crippen LogP contribution in [-0.4, -0.2) is 29.8 Å². The van der Waals surface area contributed by atoms with Crippen molar-refractivity contribution in [2.45, 2.75) is 46.3 Å². The van der Waals surface area contributed by atoms with Crippen molar-refractivity contribution in [2.24, 2.45) is 5.92 Å². The molecule has 0 aliphatic heterocycles. The molecule has 0 aliphatic carbocycles. The summed E-state index contributed by atoms with van der Waals surface area (Å²) in [6, 6.07) is 12.2. The van der Waals surface area contributed by atoms with Gasteiger partial charge < -0.3 is 19.4 Å². The Balaban J connectivity index is 1.97. The van der Waals surface area contributed by atoms with E-state index in [1.165, 1.54) is 4.57 Å². The number of nitrogens with zero attached hydrogens (tertiary/aromatic N) is 1. The molecule has 162 valence electrons. The lowest BCUT2D eigenvalue weighted by molar-refractivity contribution is -0.147. The van der Waals surface area contributed by atoms with Crippen molar-refractivity contribution in [1.82, 2.24) is 9.88 Å². The predicted molar refractivity (Wildman–Crippen MR) is 114 cm³/mol. The molecule has 1 aromatic heterocycles. The number of nitrogens with one attached hydrogen (secondary N) is 1. The van der Waals surface area contributed by atoms with Gasteiger partial charge in [0.2, 0.25) is 0 Å². The molecular weight excluding hydrogens is 384 g/mol. The van der Waals surface area contributed by atoms with Gasteiger partial charge in [-0.2, -0.15) is 0 Å². The molecule has 7 nitrogen and oxygen atoms in total. The molecule has 0 radical (unpaired) electrons. The molecular formula is C23H30N2O5. The highest BCUT2D eigenvalue weighted by atomic mass is 16.5. The summed E-state index contributed by atoms with van der Waals surface area (Å²) in [6.07, 6.45) is 1.90. The van der Waals surface area contributed by atoms with Crippen molar-refractivity contribution in [3.8, 4) is 0 Å². The van der Waals surface area contributed by atoms with Crippen LogP contribution in [0, 0.1) is 5.92 Å². The van der Waals surface area contributed by atoms with Crippen LogP contribution >= 0.6 is 0 Å². The summed E-state index contributed by atoms with van der Waals surface area (Å²) in [4.78, 5) is 37.1. The molecule has 1 atom stereocenters. The molecule has 1 unspecified atom stereocenters. The molecule has 1 N–H and O–H groups in total. The van der Waals surface area contributed by atoms with Crippen LogP contribution in [-0.2, 0) is 27.3 Å². The Hall–Kier alpha value is -3.09. The van der Waals surface area contributed by atoms with Crippen LogP contribution in [0.3, 0.4) is 0 Å². The number of ether oxygens (including phenoxy) is 2. The number of alkyl carbamates (subject to hydrolysis) is 1. The number of pyridine rings is 1. The fraction of sp³-hybridized carbons (Fsp3) is 0.435. The highest BCUT2D eigenvalue weighted by molar-refractivity contribution is 5.74. The minimum absolute atomic E-state index is 0.182. The quantitative estimate of drug-likeness (QED) is 0.602. The molecule has 0 spiro atoms. The zero-order valence-electron chi connectivity index (χ0n) is 17.8. The van der Waals surface area contributed by atoms with Crippen molar-refractivity contribution in [3.63, 3.8) is 0 Å². The second-order valence-electron chi connectivity index (χ2n) is 7.38. The molecule has 0 saturated heterocycles. The summed E-state index contributed by atoms with van der Waals surface area (Å²) >= 11 is 0. The lowest BCUT2D eigenvalue weighted by Gasteiger charge is -2.20. The van der Waals surface area contributed by atoms with E-state index >= 15 is 0 Å². The van der Waals surface area contributed by atoms with Crippen LogP contribution in [0.5, 0.6) is 0 Å². The monoisotopic (exact) mass is 414 g/mol. The van der Waals surface area contributed by atoms with Gasteiger partial charge >= 0.3 is 12.1 Å². The van der Waals surface area contributed by atoms with Crippen molar-refractivity contribution >= 4 is 12.1 Å². The molecule has 2 rings (SSSR count). The Morgan fingerprint density at radius 3 is 2.47 bits per heavy atom. The molecule has 0 fully saturated rings. The number of benzene rings is 1. The summed E-state index contributed by atoms with van der Waals surface area (Å²) in [6.45, 7) is 6.42. The minimum atomic E-state index is -0.666. The van der Waals surface area contributed by atoms with E-state index in [0.717, 1.165) is 5.56 Å².